The molecule has 0 unspecified atom stereocenters. The summed E-state index contributed by atoms with van der Waals surface area (Å²) in [5.74, 6) is 4.96. The molecule has 7 heteroatoms. The van der Waals surface area contributed by atoms with Crippen LogP contribution in [0, 0.1) is 0 Å². The first-order chi connectivity index (χ1) is 12.8. The van der Waals surface area contributed by atoms with E-state index >= 15 is 0 Å². The third-order valence-corrected chi connectivity index (χ3v) is 3.36. The third kappa shape index (κ3) is 4.22. The van der Waals surface area contributed by atoms with Crippen LogP contribution in [0.3, 0.4) is 0 Å². The van der Waals surface area contributed by atoms with Crippen molar-refractivity contribution in [2.75, 3.05) is 0 Å². The summed E-state index contributed by atoms with van der Waals surface area (Å²) in [4.78, 5) is 20.7. The molecule has 0 saturated heterocycles. The molecular formula is C19H16N4O3. The molecule has 1 heterocycles. The highest BCUT2D eigenvalue weighted by Gasteiger charge is 2.17. The summed E-state index contributed by atoms with van der Waals surface area (Å²) in [6.45, 7) is 0. The number of carbonyl (C=O) groups excluding carboxylic acids is 1. The molecule has 3 aromatic rings. The average Bonchev–Trinajstić information content (AvgIpc) is 3.15. The average molecular weight is 348 g/mol. The monoisotopic (exact) mass is 348 g/mol. The molecule has 1 aromatic heterocycles. The van der Waals surface area contributed by atoms with E-state index < -0.39 is 5.97 Å². The maximum absolute atomic E-state index is 12.6. The number of aromatic nitrogens is 1. The largest absolute Gasteiger partial charge is 0.440 e. The lowest BCUT2D eigenvalue weighted by molar-refractivity contribution is -0.128. The van der Waals surface area contributed by atoms with Gasteiger partial charge in [-0.2, -0.15) is 4.98 Å². The van der Waals surface area contributed by atoms with Gasteiger partial charge in [-0.25, -0.2) is 15.6 Å². The molecule has 0 aliphatic rings. The number of benzene rings is 2. The molecule has 0 bridgehead atoms. The van der Waals surface area contributed by atoms with E-state index in [1.807, 2.05) is 48.5 Å². The molecule has 2 aromatic carbocycles. The van der Waals surface area contributed by atoms with Crippen molar-refractivity contribution < 1.29 is 13.9 Å². The number of esters is 1. The quantitative estimate of drug-likeness (QED) is 0.177. The number of rotatable bonds is 6. The fourth-order valence-corrected chi connectivity index (χ4v) is 2.19. The Kier molecular flexibility index (Phi) is 5.54. The summed E-state index contributed by atoms with van der Waals surface area (Å²) in [7, 11) is 0. The van der Waals surface area contributed by atoms with Crippen LogP contribution in [0.5, 0.6) is 5.88 Å². The van der Waals surface area contributed by atoms with Crippen molar-refractivity contribution in [3.8, 4) is 17.3 Å². The highest BCUT2D eigenvalue weighted by Crippen LogP contribution is 2.23. The predicted molar refractivity (Wildman–Crippen MR) is 97.8 cm³/mol. The van der Waals surface area contributed by atoms with Gasteiger partial charge >= 0.3 is 5.97 Å². The van der Waals surface area contributed by atoms with E-state index in [2.05, 4.69) is 15.4 Å². The van der Waals surface area contributed by atoms with Gasteiger partial charge in [0, 0.05) is 11.8 Å². The summed E-state index contributed by atoms with van der Waals surface area (Å²) in [6.07, 6.45) is 3.89. The van der Waals surface area contributed by atoms with E-state index in [1.54, 1.807) is 12.1 Å². The van der Waals surface area contributed by atoms with Crippen molar-refractivity contribution in [3.05, 3.63) is 78.7 Å². The molecule has 0 fully saturated rings. The lowest BCUT2D eigenvalue weighted by Crippen LogP contribution is -2.18. The Morgan fingerprint density at radius 3 is 2.50 bits per heavy atom. The number of nitrogens with one attached hydrogen (secondary N) is 1. The van der Waals surface area contributed by atoms with Gasteiger partial charge in [-0.15, -0.1) is 0 Å². The van der Waals surface area contributed by atoms with Gasteiger partial charge in [0.25, 0.3) is 5.88 Å². The van der Waals surface area contributed by atoms with Crippen LogP contribution in [-0.4, -0.2) is 17.3 Å². The zero-order chi connectivity index (χ0) is 18.2. The molecule has 3 N–H and O–H groups in total. The van der Waals surface area contributed by atoms with Crippen molar-refractivity contribution >= 4 is 17.9 Å². The first-order valence-electron chi connectivity index (χ1n) is 7.74. The fourth-order valence-electron chi connectivity index (χ4n) is 2.19. The molecule has 0 amide bonds. The summed E-state index contributed by atoms with van der Waals surface area (Å²) < 4.78 is 10.7. The van der Waals surface area contributed by atoms with Gasteiger partial charge in [0.2, 0.25) is 5.89 Å². The Labute approximate surface area is 149 Å². The molecule has 0 aliphatic heterocycles. The maximum atomic E-state index is 12.6. The zero-order valence-electron chi connectivity index (χ0n) is 13.7. The lowest BCUT2D eigenvalue weighted by Gasteiger charge is -2.05. The number of hydrazine groups is 1. The minimum Gasteiger partial charge on any atom is -0.440 e. The van der Waals surface area contributed by atoms with E-state index in [4.69, 9.17) is 15.0 Å². The summed E-state index contributed by atoms with van der Waals surface area (Å²) >= 11 is 0. The Balaban J connectivity index is 1.81. The van der Waals surface area contributed by atoms with Crippen LogP contribution in [0.15, 0.2) is 82.5 Å². The Hall–Kier alpha value is -3.71. The number of hydrogen-bond donors (Lipinski definition) is 2. The van der Waals surface area contributed by atoms with Gasteiger partial charge in [-0.3, -0.25) is 0 Å². The van der Waals surface area contributed by atoms with E-state index in [9.17, 15) is 4.79 Å². The topological polar surface area (TPSA) is 103 Å². The number of hydrogen-bond acceptors (Lipinski definition) is 6. The van der Waals surface area contributed by atoms with Crippen LogP contribution in [0.2, 0.25) is 0 Å². The molecule has 0 atom stereocenters. The van der Waals surface area contributed by atoms with Crippen molar-refractivity contribution in [1.29, 1.82) is 0 Å². The Morgan fingerprint density at radius 1 is 1.12 bits per heavy atom. The van der Waals surface area contributed by atoms with Gasteiger partial charge in [-0.05, 0) is 17.7 Å². The van der Waals surface area contributed by atoms with Crippen molar-refractivity contribution in [2.45, 2.75) is 0 Å². The fraction of sp³-hybridized carbons (Fsp3) is 0. The number of oxazole rings is 1. The van der Waals surface area contributed by atoms with E-state index in [1.165, 1.54) is 18.8 Å². The molecular weight excluding hydrogens is 332 g/mol. The minimum absolute atomic E-state index is 0.0663. The minimum atomic E-state index is -0.613. The summed E-state index contributed by atoms with van der Waals surface area (Å²) in [5.41, 5.74) is 3.96. The van der Waals surface area contributed by atoms with Gasteiger partial charge in [-0.1, -0.05) is 48.5 Å². The van der Waals surface area contributed by atoms with Crippen LogP contribution in [0.25, 0.3) is 17.0 Å². The molecule has 7 nitrogen and oxygen atoms in total. The normalized spacial score (nSPS) is 11.5. The zero-order valence-corrected chi connectivity index (χ0v) is 13.7. The SMILES string of the molecule is NNC=NC=C(C(=O)Oc1coc(-c2ccccc2)n1)c1ccccc1. The smallest absolute Gasteiger partial charge is 0.347 e. The predicted octanol–water partition coefficient (Wildman–Crippen LogP) is 2.78. The second-order valence-corrected chi connectivity index (χ2v) is 5.10. The molecule has 26 heavy (non-hydrogen) atoms. The Bertz CT molecular complexity index is 918. The van der Waals surface area contributed by atoms with Crippen molar-refractivity contribution in [2.24, 2.45) is 10.8 Å². The molecule has 0 radical (unpaired) electrons. The van der Waals surface area contributed by atoms with Crippen LogP contribution < -0.4 is 16.0 Å². The number of ether oxygens (including phenoxy) is 1. The van der Waals surface area contributed by atoms with Crippen molar-refractivity contribution in [3.63, 3.8) is 0 Å². The van der Waals surface area contributed by atoms with Gasteiger partial charge in [0.05, 0.1) is 5.57 Å². The molecule has 130 valence electrons. The van der Waals surface area contributed by atoms with Crippen LogP contribution in [0.1, 0.15) is 5.56 Å². The van der Waals surface area contributed by atoms with Gasteiger partial charge in [0.1, 0.15) is 6.34 Å². The first kappa shape index (κ1) is 17.1. The first-order valence-corrected chi connectivity index (χ1v) is 7.74. The number of nitrogens with two attached hydrogens (primary N) is 1. The number of aliphatic imine (C=N–C) groups is 1. The van der Waals surface area contributed by atoms with Crippen LogP contribution in [-0.2, 0) is 4.79 Å². The standard InChI is InChI=1S/C19H16N4O3/c20-22-13-21-11-16(14-7-3-1-4-8-14)19(24)26-17-12-25-18(23-17)15-9-5-2-6-10-15/h1-13H,20H2,(H,21,22). The lowest BCUT2D eigenvalue weighted by atomic mass is 10.1. The maximum Gasteiger partial charge on any atom is 0.347 e. The summed E-state index contributed by atoms with van der Waals surface area (Å²) in [6, 6.07) is 18.3. The van der Waals surface area contributed by atoms with Crippen LogP contribution >= 0.6 is 0 Å². The van der Waals surface area contributed by atoms with E-state index in [0.29, 0.717) is 11.5 Å². The van der Waals surface area contributed by atoms with Crippen LogP contribution in [0.4, 0.5) is 0 Å². The Morgan fingerprint density at radius 2 is 1.81 bits per heavy atom. The van der Waals surface area contributed by atoms with Crippen molar-refractivity contribution in [1.82, 2.24) is 10.4 Å². The second-order valence-electron chi connectivity index (χ2n) is 5.10. The summed E-state index contributed by atoms with van der Waals surface area (Å²) in [5, 5.41) is 0. The molecule has 0 spiro atoms. The molecule has 0 saturated carbocycles. The van der Waals surface area contributed by atoms with E-state index in [-0.39, 0.29) is 11.5 Å². The van der Waals surface area contributed by atoms with E-state index in [0.717, 1.165) is 5.56 Å². The molecule has 0 aliphatic carbocycles. The highest BCUT2D eigenvalue weighted by molar-refractivity contribution is 6.17. The number of nitrogens with zero attached hydrogens (tertiary/aromatic N) is 2. The van der Waals surface area contributed by atoms with Gasteiger partial charge < -0.3 is 14.6 Å². The second kappa shape index (κ2) is 8.41. The van der Waals surface area contributed by atoms with Gasteiger partial charge in [0.15, 0.2) is 6.26 Å². The molecule has 3 rings (SSSR count). The third-order valence-electron chi connectivity index (χ3n) is 3.36. The highest BCUT2D eigenvalue weighted by atomic mass is 16.6. The number of carbonyl (C=O) groups is 1.